The highest BCUT2D eigenvalue weighted by Crippen LogP contribution is 2.22. The number of carbonyl (C=O) groups is 1. The van der Waals surface area contributed by atoms with Gasteiger partial charge in [0.25, 0.3) is 5.91 Å². The molecule has 3 rings (SSSR count). The number of carbonyl (C=O) groups excluding carboxylic acids is 1. The standard InChI is InChI=1S/C18H18F2N2O4S/c19-15-4-2-1-3-14(15)12-21-18(23)13-5-6-16(20)17(11-13)27(24,25)22-7-9-26-10-8-22/h1-6,11H,7-10,12H2,(H,21,23). The van der Waals surface area contributed by atoms with Crippen LogP contribution in [0.3, 0.4) is 0 Å². The molecule has 0 spiro atoms. The van der Waals surface area contributed by atoms with Gasteiger partial charge in [0.05, 0.1) is 13.2 Å². The maximum Gasteiger partial charge on any atom is 0.251 e. The van der Waals surface area contributed by atoms with Gasteiger partial charge in [-0.2, -0.15) is 4.31 Å². The normalized spacial score (nSPS) is 15.5. The van der Waals surface area contributed by atoms with Crippen molar-refractivity contribution in [3.8, 4) is 0 Å². The monoisotopic (exact) mass is 396 g/mol. The molecule has 0 aliphatic carbocycles. The van der Waals surface area contributed by atoms with Crippen LogP contribution in [0.15, 0.2) is 47.4 Å². The van der Waals surface area contributed by atoms with E-state index in [9.17, 15) is 22.0 Å². The smallest absolute Gasteiger partial charge is 0.251 e. The van der Waals surface area contributed by atoms with Crippen molar-refractivity contribution in [1.29, 1.82) is 0 Å². The van der Waals surface area contributed by atoms with Crippen LogP contribution in [0.25, 0.3) is 0 Å². The van der Waals surface area contributed by atoms with E-state index < -0.39 is 32.5 Å². The lowest BCUT2D eigenvalue weighted by molar-refractivity contribution is 0.0729. The Balaban J connectivity index is 1.80. The number of halogens is 2. The zero-order valence-corrected chi connectivity index (χ0v) is 15.1. The quantitative estimate of drug-likeness (QED) is 0.838. The summed E-state index contributed by atoms with van der Waals surface area (Å²) in [6.07, 6.45) is 0. The second kappa shape index (κ2) is 8.12. The largest absolute Gasteiger partial charge is 0.379 e. The van der Waals surface area contributed by atoms with E-state index in [1.807, 2.05) is 0 Å². The summed E-state index contributed by atoms with van der Waals surface area (Å²) in [5.74, 6) is -2.03. The van der Waals surface area contributed by atoms with Gasteiger partial charge < -0.3 is 10.1 Å². The molecule has 1 saturated heterocycles. The number of ether oxygens (including phenoxy) is 1. The molecule has 0 unspecified atom stereocenters. The average molecular weight is 396 g/mol. The number of amides is 1. The van der Waals surface area contributed by atoms with Crippen molar-refractivity contribution in [1.82, 2.24) is 9.62 Å². The van der Waals surface area contributed by atoms with Crippen LogP contribution in [0, 0.1) is 11.6 Å². The number of nitrogens with zero attached hydrogens (tertiary/aromatic N) is 1. The highest BCUT2D eigenvalue weighted by Gasteiger charge is 2.29. The van der Waals surface area contributed by atoms with Gasteiger partial charge in [-0.25, -0.2) is 17.2 Å². The van der Waals surface area contributed by atoms with E-state index in [4.69, 9.17) is 4.74 Å². The minimum Gasteiger partial charge on any atom is -0.379 e. The van der Waals surface area contributed by atoms with Crippen molar-refractivity contribution in [2.24, 2.45) is 0 Å². The molecular formula is C18H18F2N2O4S. The summed E-state index contributed by atoms with van der Waals surface area (Å²) >= 11 is 0. The minimum atomic E-state index is -4.08. The van der Waals surface area contributed by atoms with E-state index in [1.54, 1.807) is 6.07 Å². The third kappa shape index (κ3) is 4.32. The SMILES string of the molecule is O=C(NCc1ccccc1F)c1ccc(F)c(S(=O)(=O)N2CCOCC2)c1. The molecule has 6 nitrogen and oxygen atoms in total. The molecule has 1 fully saturated rings. The van der Waals surface area contributed by atoms with Gasteiger partial charge in [-0.1, -0.05) is 18.2 Å². The topological polar surface area (TPSA) is 75.7 Å². The number of morpholine rings is 1. The second-order valence-corrected chi connectivity index (χ2v) is 7.84. The van der Waals surface area contributed by atoms with Crippen LogP contribution in [0.2, 0.25) is 0 Å². The minimum absolute atomic E-state index is 0.0282. The van der Waals surface area contributed by atoms with E-state index in [-0.39, 0.29) is 44.0 Å². The van der Waals surface area contributed by atoms with Crippen molar-refractivity contribution in [2.75, 3.05) is 26.3 Å². The predicted molar refractivity (Wildman–Crippen MR) is 93.5 cm³/mol. The summed E-state index contributed by atoms with van der Waals surface area (Å²) in [4.78, 5) is 11.7. The van der Waals surface area contributed by atoms with E-state index in [0.29, 0.717) is 0 Å². The van der Waals surface area contributed by atoms with Gasteiger partial charge in [-0.3, -0.25) is 4.79 Å². The number of nitrogens with one attached hydrogen (secondary N) is 1. The number of benzene rings is 2. The lowest BCUT2D eigenvalue weighted by atomic mass is 10.2. The fourth-order valence-corrected chi connectivity index (χ4v) is 4.19. The van der Waals surface area contributed by atoms with E-state index >= 15 is 0 Å². The van der Waals surface area contributed by atoms with Gasteiger partial charge in [0.15, 0.2) is 0 Å². The van der Waals surface area contributed by atoms with E-state index in [1.165, 1.54) is 24.3 Å². The first-order valence-electron chi connectivity index (χ1n) is 8.28. The first kappa shape index (κ1) is 19.4. The Morgan fingerprint density at radius 3 is 2.48 bits per heavy atom. The van der Waals surface area contributed by atoms with Crippen LogP contribution in [0.4, 0.5) is 8.78 Å². The molecule has 9 heteroatoms. The summed E-state index contributed by atoms with van der Waals surface area (Å²) < 4.78 is 59.3. The van der Waals surface area contributed by atoms with Crippen molar-refractivity contribution in [2.45, 2.75) is 11.4 Å². The van der Waals surface area contributed by atoms with Crippen LogP contribution in [0.1, 0.15) is 15.9 Å². The van der Waals surface area contributed by atoms with Gasteiger partial charge in [0.1, 0.15) is 16.5 Å². The molecule has 1 aliphatic heterocycles. The Morgan fingerprint density at radius 1 is 1.07 bits per heavy atom. The summed E-state index contributed by atoms with van der Waals surface area (Å²) in [6, 6.07) is 9.08. The molecule has 1 N–H and O–H groups in total. The van der Waals surface area contributed by atoms with Gasteiger partial charge >= 0.3 is 0 Å². The van der Waals surface area contributed by atoms with Crippen LogP contribution >= 0.6 is 0 Å². The molecule has 1 amide bonds. The van der Waals surface area contributed by atoms with Gasteiger partial charge in [0, 0.05) is 30.8 Å². The highest BCUT2D eigenvalue weighted by molar-refractivity contribution is 7.89. The van der Waals surface area contributed by atoms with Crippen molar-refractivity contribution >= 4 is 15.9 Å². The molecule has 144 valence electrons. The zero-order valence-electron chi connectivity index (χ0n) is 14.3. The molecule has 2 aromatic rings. The summed E-state index contributed by atoms with van der Waals surface area (Å²) in [5, 5.41) is 2.50. The zero-order chi connectivity index (χ0) is 19.4. The predicted octanol–water partition coefficient (Wildman–Crippen LogP) is 1.92. The van der Waals surface area contributed by atoms with Gasteiger partial charge in [-0.15, -0.1) is 0 Å². The fraction of sp³-hybridized carbons (Fsp3) is 0.278. The fourth-order valence-electron chi connectivity index (χ4n) is 2.69. The molecule has 0 saturated carbocycles. The Hall–Kier alpha value is -2.36. The lowest BCUT2D eigenvalue weighted by Crippen LogP contribution is -2.41. The Bertz CT molecular complexity index is 944. The van der Waals surface area contributed by atoms with Crippen LogP contribution in [0.5, 0.6) is 0 Å². The Kier molecular flexibility index (Phi) is 5.83. The van der Waals surface area contributed by atoms with Gasteiger partial charge in [0.2, 0.25) is 10.0 Å². The Labute approximate surface area is 155 Å². The van der Waals surface area contributed by atoms with Crippen LogP contribution in [-0.4, -0.2) is 44.9 Å². The molecule has 27 heavy (non-hydrogen) atoms. The third-order valence-corrected chi connectivity index (χ3v) is 6.09. The first-order chi connectivity index (χ1) is 12.9. The van der Waals surface area contributed by atoms with Crippen LogP contribution in [-0.2, 0) is 21.3 Å². The molecule has 1 aliphatic rings. The van der Waals surface area contributed by atoms with Crippen LogP contribution < -0.4 is 5.32 Å². The van der Waals surface area contributed by atoms with Crippen molar-refractivity contribution < 1.29 is 26.7 Å². The molecule has 0 bridgehead atoms. The third-order valence-electron chi connectivity index (χ3n) is 4.18. The molecule has 2 aromatic carbocycles. The first-order valence-corrected chi connectivity index (χ1v) is 9.72. The summed E-state index contributed by atoms with van der Waals surface area (Å²) in [6.45, 7) is 0.610. The second-order valence-electron chi connectivity index (χ2n) is 5.94. The number of hydrogen-bond acceptors (Lipinski definition) is 4. The molecule has 1 heterocycles. The van der Waals surface area contributed by atoms with Crippen molar-refractivity contribution in [3.05, 3.63) is 65.2 Å². The molecule has 0 radical (unpaired) electrons. The van der Waals surface area contributed by atoms with E-state index in [2.05, 4.69) is 5.32 Å². The molecule has 0 atom stereocenters. The number of rotatable bonds is 5. The Morgan fingerprint density at radius 2 is 1.78 bits per heavy atom. The number of sulfonamides is 1. The summed E-state index contributed by atoms with van der Waals surface area (Å²) in [5.41, 5.74) is 0.258. The molecule has 0 aromatic heterocycles. The maximum atomic E-state index is 14.2. The number of hydrogen-bond donors (Lipinski definition) is 1. The van der Waals surface area contributed by atoms with Gasteiger partial charge in [-0.05, 0) is 24.3 Å². The van der Waals surface area contributed by atoms with Crippen molar-refractivity contribution in [3.63, 3.8) is 0 Å². The lowest BCUT2D eigenvalue weighted by Gasteiger charge is -2.26. The summed E-state index contributed by atoms with van der Waals surface area (Å²) in [7, 11) is -4.08. The van der Waals surface area contributed by atoms with E-state index in [0.717, 1.165) is 16.4 Å². The average Bonchev–Trinajstić information content (AvgIpc) is 2.68. The molecular weight excluding hydrogens is 378 g/mol. The maximum absolute atomic E-state index is 14.2. The highest BCUT2D eigenvalue weighted by atomic mass is 32.2.